The van der Waals surface area contributed by atoms with Gasteiger partial charge >= 0.3 is 0 Å². The molecule has 1 aliphatic rings. The van der Waals surface area contributed by atoms with Gasteiger partial charge < -0.3 is 0 Å². The van der Waals surface area contributed by atoms with Crippen molar-refractivity contribution in [1.82, 2.24) is 0 Å². The summed E-state index contributed by atoms with van der Waals surface area (Å²) >= 11 is 13.3. The third kappa shape index (κ3) is 4.02. The Hall–Kier alpha value is -3.13. The minimum atomic E-state index is 0.0207. The van der Waals surface area contributed by atoms with Crippen molar-refractivity contribution >= 4 is 40.2 Å². The van der Waals surface area contributed by atoms with Crippen molar-refractivity contribution in [3.63, 3.8) is 0 Å². The Morgan fingerprint density at radius 3 is 1.81 bits per heavy atom. The maximum atomic E-state index is 6.67. The highest BCUT2D eigenvalue weighted by atomic mass is 35.5. The van der Waals surface area contributed by atoms with Gasteiger partial charge in [0.05, 0.1) is 11.4 Å². The number of hydrogen-bond donors (Lipinski definition) is 0. The van der Waals surface area contributed by atoms with E-state index < -0.39 is 0 Å². The van der Waals surface area contributed by atoms with Gasteiger partial charge in [0, 0.05) is 27.1 Å². The highest BCUT2D eigenvalue weighted by Crippen LogP contribution is 2.44. The van der Waals surface area contributed by atoms with E-state index in [9.17, 15) is 0 Å². The van der Waals surface area contributed by atoms with E-state index in [-0.39, 0.29) is 5.92 Å². The van der Waals surface area contributed by atoms with Gasteiger partial charge in [0.15, 0.2) is 0 Å². The minimum Gasteiger partial charge on any atom is -0.251 e. The summed E-state index contributed by atoms with van der Waals surface area (Å²) in [6, 6.07) is 36.8. The lowest BCUT2D eigenvalue weighted by Gasteiger charge is -2.20. The first-order chi connectivity index (χ1) is 15.7. The van der Waals surface area contributed by atoms with Crippen LogP contribution >= 0.6 is 23.2 Å². The van der Waals surface area contributed by atoms with Gasteiger partial charge in [-0.1, -0.05) is 120 Å². The molecular formula is C29H21Cl2N. The zero-order chi connectivity index (χ0) is 21.9. The first-order valence-electron chi connectivity index (χ1n) is 10.6. The molecule has 3 heteroatoms. The van der Waals surface area contributed by atoms with E-state index in [4.69, 9.17) is 28.2 Å². The molecule has 0 amide bonds. The average Bonchev–Trinajstić information content (AvgIpc) is 3.21. The van der Waals surface area contributed by atoms with E-state index >= 15 is 0 Å². The summed E-state index contributed by atoms with van der Waals surface area (Å²) in [5.41, 5.74) is 7.49. The van der Waals surface area contributed by atoms with Crippen LogP contribution in [0.3, 0.4) is 0 Å². The summed E-state index contributed by atoms with van der Waals surface area (Å²) in [5.74, 6) is 0.0207. The molecule has 0 saturated heterocycles. The summed E-state index contributed by atoms with van der Waals surface area (Å²) in [4.78, 5) is 5.22. The Morgan fingerprint density at radius 2 is 1.16 bits per heavy atom. The Labute approximate surface area is 198 Å². The molecule has 156 valence electrons. The molecule has 1 aliphatic heterocycles. The normalized spacial score (nSPS) is 15.7. The molecule has 0 radical (unpaired) electrons. The molecule has 1 nitrogen and oxygen atoms in total. The Bertz CT molecular complexity index is 1310. The van der Waals surface area contributed by atoms with Gasteiger partial charge in [-0.2, -0.15) is 0 Å². The number of halogens is 2. The first-order valence-corrected chi connectivity index (χ1v) is 11.4. The summed E-state index contributed by atoms with van der Waals surface area (Å²) in [6.45, 7) is 0. The Balaban J connectivity index is 1.74. The van der Waals surface area contributed by atoms with Crippen molar-refractivity contribution in [1.29, 1.82) is 0 Å². The first kappa shape index (κ1) is 20.8. The highest BCUT2D eigenvalue weighted by Gasteiger charge is 2.33. The molecular weight excluding hydrogens is 433 g/mol. The van der Waals surface area contributed by atoms with E-state index in [2.05, 4.69) is 60.7 Å². The van der Waals surface area contributed by atoms with Gasteiger partial charge in [-0.3, -0.25) is 4.99 Å². The zero-order valence-corrected chi connectivity index (χ0v) is 18.9. The fourth-order valence-corrected chi connectivity index (χ4v) is 4.78. The Morgan fingerprint density at radius 1 is 0.594 bits per heavy atom. The van der Waals surface area contributed by atoms with Crippen LogP contribution in [0.2, 0.25) is 10.0 Å². The molecule has 0 aromatic heterocycles. The predicted molar refractivity (Wildman–Crippen MR) is 136 cm³/mol. The van der Waals surface area contributed by atoms with Crippen molar-refractivity contribution in [2.75, 3.05) is 0 Å². The van der Waals surface area contributed by atoms with Crippen LogP contribution in [0.5, 0.6) is 0 Å². The lowest BCUT2D eigenvalue weighted by atomic mass is 9.82. The van der Waals surface area contributed by atoms with Crippen molar-refractivity contribution < 1.29 is 0 Å². The number of aliphatic imine (C=N–C) groups is 1. The number of hydrogen-bond acceptors (Lipinski definition) is 1. The summed E-state index contributed by atoms with van der Waals surface area (Å²) < 4.78 is 0. The van der Waals surface area contributed by atoms with Crippen molar-refractivity contribution in [3.8, 4) is 0 Å². The van der Waals surface area contributed by atoms with Gasteiger partial charge in [-0.25, -0.2) is 0 Å². The Kier molecular flexibility index (Phi) is 5.94. The van der Waals surface area contributed by atoms with E-state index in [1.165, 1.54) is 5.57 Å². The van der Waals surface area contributed by atoms with Crippen LogP contribution in [-0.2, 0) is 6.42 Å². The summed E-state index contributed by atoms with van der Waals surface area (Å²) in [6.07, 6.45) is 0.740. The lowest BCUT2D eigenvalue weighted by molar-refractivity contribution is 0.882. The largest absolute Gasteiger partial charge is 0.251 e. The van der Waals surface area contributed by atoms with E-state index in [1.54, 1.807) is 0 Å². The molecule has 1 atom stereocenters. The topological polar surface area (TPSA) is 12.4 Å². The van der Waals surface area contributed by atoms with Crippen LogP contribution in [0.25, 0.3) is 11.3 Å². The monoisotopic (exact) mass is 453 g/mol. The fraction of sp³-hybridized carbons (Fsp3) is 0.0690. The van der Waals surface area contributed by atoms with Crippen molar-refractivity contribution in [3.05, 3.63) is 141 Å². The molecule has 0 saturated carbocycles. The maximum Gasteiger partial charge on any atom is 0.0750 e. The molecule has 4 aromatic rings. The summed E-state index contributed by atoms with van der Waals surface area (Å²) in [5, 5.41) is 1.48. The number of rotatable bonds is 5. The van der Waals surface area contributed by atoms with E-state index in [0.29, 0.717) is 5.02 Å². The standard InChI is InChI=1S/C29H21Cl2N/c30-25-17-9-7-15-22(25)19-24-27(20-11-3-1-4-12-20)28(21-13-5-2-6-14-21)32-29(24)23-16-8-10-18-26(23)31/h1-18,24H,19H2. The highest BCUT2D eigenvalue weighted by molar-refractivity contribution is 6.35. The lowest BCUT2D eigenvalue weighted by Crippen LogP contribution is -2.18. The smallest absolute Gasteiger partial charge is 0.0750 e. The number of nitrogens with zero attached hydrogens (tertiary/aromatic N) is 1. The van der Waals surface area contributed by atoms with Crippen LogP contribution in [0.4, 0.5) is 0 Å². The molecule has 0 bridgehead atoms. The molecule has 0 spiro atoms. The quantitative estimate of drug-likeness (QED) is 0.288. The molecule has 4 aromatic carbocycles. The average molecular weight is 454 g/mol. The predicted octanol–water partition coefficient (Wildman–Crippen LogP) is 8.22. The number of benzene rings is 4. The van der Waals surface area contributed by atoms with E-state index in [0.717, 1.165) is 45.1 Å². The molecule has 5 rings (SSSR count). The third-order valence-corrected chi connectivity index (χ3v) is 6.53. The van der Waals surface area contributed by atoms with Crippen LogP contribution in [0.15, 0.2) is 114 Å². The SMILES string of the molecule is Clc1ccccc1CC1C(c2ccccc2Cl)=NC(c2ccccc2)=C1c1ccccc1. The van der Waals surface area contributed by atoms with Gasteiger partial charge in [0.1, 0.15) is 0 Å². The number of allylic oxidation sites excluding steroid dienone is 1. The molecule has 0 fully saturated rings. The molecule has 0 N–H and O–H groups in total. The van der Waals surface area contributed by atoms with Gasteiger partial charge in [0.2, 0.25) is 0 Å². The second-order valence-electron chi connectivity index (χ2n) is 7.82. The molecule has 1 heterocycles. The van der Waals surface area contributed by atoms with E-state index in [1.807, 2.05) is 48.5 Å². The molecule has 32 heavy (non-hydrogen) atoms. The van der Waals surface area contributed by atoms with Crippen molar-refractivity contribution in [2.45, 2.75) is 6.42 Å². The fourth-order valence-electron chi connectivity index (χ4n) is 4.33. The summed E-state index contributed by atoms with van der Waals surface area (Å²) in [7, 11) is 0. The second-order valence-corrected chi connectivity index (χ2v) is 8.63. The maximum absolute atomic E-state index is 6.67. The third-order valence-electron chi connectivity index (χ3n) is 5.83. The van der Waals surface area contributed by atoms with Crippen molar-refractivity contribution in [2.24, 2.45) is 10.9 Å². The zero-order valence-electron chi connectivity index (χ0n) is 17.4. The van der Waals surface area contributed by atoms with Gasteiger partial charge in [0.25, 0.3) is 0 Å². The van der Waals surface area contributed by atoms with Crippen LogP contribution < -0.4 is 0 Å². The second kappa shape index (κ2) is 9.16. The van der Waals surface area contributed by atoms with Gasteiger partial charge in [-0.15, -0.1) is 0 Å². The molecule has 0 aliphatic carbocycles. The minimum absolute atomic E-state index is 0.0207. The van der Waals surface area contributed by atoms with Gasteiger partial charge in [-0.05, 0) is 35.3 Å². The van der Waals surface area contributed by atoms with Crippen LogP contribution in [-0.4, -0.2) is 5.71 Å². The molecule has 1 unspecified atom stereocenters. The van der Waals surface area contributed by atoms with Crippen LogP contribution in [0.1, 0.15) is 22.3 Å². The van der Waals surface area contributed by atoms with Crippen LogP contribution in [0, 0.1) is 5.92 Å².